The summed E-state index contributed by atoms with van der Waals surface area (Å²) < 4.78 is 19.3. The lowest BCUT2D eigenvalue weighted by Crippen LogP contribution is -1.93. The van der Waals surface area contributed by atoms with Crippen molar-refractivity contribution in [3.05, 3.63) is 121 Å². The Morgan fingerprint density at radius 3 is 1.73 bits per heavy atom. The van der Waals surface area contributed by atoms with Crippen molar-refractivity contribution in [2.24, 2.45) is 0 Å². The van der Waals surface area contributed by atoms with Crippen LogP contribution < -0.4 is 9.47 Å². The minimum atomic E-state index is 0.753. The van der Waals surface area contributed by atoms with E-state index in [1.165, 1.54) is 0 Å². The first kappa shape index (κ1) is 20.2. The number of ether oxygens (including phenoxy) is 2. The highest BCUT2D eigenvalue weighted by Gasteiger charge is 2.20. The normalized spacial score (nSPS) is 11.8. The van der Waals surface area contributed by atoms with Gasteiger partial charge in [-0.15, -0.1) is 0 Å². The zero-order chi connectivity index (χ0) is 24.3. The van der Waals surface area contributed by atoms with E-state index in [4.69, 9.17) is 13.9 Å². The lowest BCUT2D eigenvalue weighted by atomic mass is 9.92. The van der Waals surface area contributed by atoms with Crippen LogP contribution >= 0.6 is 0 Å². The summed E-state index contributed by atoms with van der Waals surface area (Å²) in [5.41, 5.74) is 1.80. The molecule has 0 radical (unpaired) electrons. The molecule has 1 heterocycles. The summed E-state index contributed by atoms with van der Waals surface area (Å²) in [6, 6.07) is 40.8. The van der Waals surface area contributed by atoms with Crippen LogP contribution in [-0.4, -0.2) is 0 Å². The van der Waals surface area contributed by atoms with Gasteiger partial charge in [0, 0.05) is 43.8 Å². The molecule has 0 unspecified atom stereocenters. The van der Waals surface area contributed by atoms with E-state index in [1.54, 1.807) is 0 Å². The molecule has 0 fully saturated rings. The molecular weight excluding hydrogens is 456 g/mol. The molecule has 0 bridgehead atoms. The van der Waals surface area contributed by atoms with E-state index in [9.17, 15) is 0 Å². The number of hydrogen-bond donors (Lipinski definition) is 0. The summed E-state index contributed by atoms with van der Waals surface area (Å²) in [7, 11) is 0. The van der Waals surface area contributed by atoms with Crippen molar-refractivity contribution < 1.29 is 13.9 Å². The van der Waals surface area contributed by atoms with Crippen LogP contribution in [0.3, 0.4) is 0 Å². The molecule has 0 N–H and O–H groups in total. The van der Waals surface area contributed by atoms with Gasteiger partial charge in [0.15, 0.2) is 0 Å². The number of fused-ring (bicyclic) bond motifs is 4. The summed E-state index contributed by atoms with van der Waals surface area (Å²) in [6.45, 7) is 0. The van der Waals surface area contributed by atoms with Crippen molar-refractivity contribution in [1.82, 2.24) is 0 Å². The standard InChI is InChI=1S/C34H20O3/c1-3-9-22(10-4-1)35-30-20-31(36-23-11-5-2-6-12-23)26-17-18-27-32-21(15-16-25(30)33(26)32)19-28-24-13-7-8-14-29(24)37-34(27)28/h1-20H. The van der Waals surface area contributed by atoms with Crippen LogP contribution in [0.15, 0.2) is 126 Å². The lowest BCUT2D eigenvalue weighted by molar-refractivity contribution is 0.467. The first-order chi connectivity index (χ1) is 18.3. The van der Waals surface area contributed by atoms with Crippen molar-refractivity contribution >= 4 is 54.3 Å². The first-order valence-corrected chi connectivity index (χ1v) is 12.3. The van der Waals surface area contributed by atoms with Gasteiger partial charge < -0.3 is 13.9 Å². The molecule has 7 aromatic carbocycles. The second-order valence-corrected chi connectivity index (χ2v) is 9.30. The highest BCUT2D eigenvalue weighted by molar-refractivity contribution is 6.31. The number of hydrogen-bond acceptors (Lipinski definition) is 3. The molecular formula is C34H20O3. The molecule has 0 aliphatic rings. The van der Waals surface area contributed by atoms with Crippen molar-refractivity contribution in [3.8, 4) is 23.0 Å². The average molecular weight is 477 g/mol. The van der Waals surface area contributed by atoms with Gasteiger partial charge in [-0.1, -0.05) is 60.7 Å². The van der Waals surface area contributed by atoms with Crippen LogP contribution in [0.1, 0.15) is 0 Å². The Morgan fingerprint density at radius 2 is 1.03 bits per heavy atom. The quantitative estimate of drug-likeness (QED) is 0.237. The molecule has 174 valence electrons. The molecule has 8 rings (SSSR count). The van der Waals surface area contributed by atoms with Gasteiger partial charge in [-0.25, -0.2) is 0 Å². The van der Waals surface area contributed by atoms with Gasteiger partial charge in [-0.2, -0.15) is 0 Å². The third-order valence-electron chi connectivity index (χ3n) is 7.11. The molecule has 3 heteroatoms. The van der Waals surface area contributed by atoms with Gasteiger partial charge in [0.2, 0.25) is 0 Å². The monoisotopic (exact) mass is 476 g/mol. The van der Waals surface area contributed by atoms with E-state index in [2.05, 4.69) is 42.5 Å². The number of rotatable bonds is 4. The van der Waals surface area contributed by atoms with Crippen LogP contribution in [0.2, 0.25) is 0 Å². The molecule has 1 aromatic heterocycles. The van der Waals surface area contributed by atoms with E-state index in [1.807, 2.05) is 78.9 Å². The summed E-state index contributed by atoms with van der Waals surface area (Å²) in [5, 5.41) is 8.83. The van der Waals surface area contributed by atoms with E-state index in [0.29, 0.717) is 0 Å². The molecule has 0 aliphatic heterocycles. The molecule has 0 atom stereocenters. The summed E-state index contributed by atoms with van der Waals surface area (Å²) >= 11 is 0. The summed E-state index contributed by atoms with van der Waals surface area (Å²) in [6.07, 6.45) is 0. The predicted octanol–water partition coefficient (Wildman–Crippen LogP) is 10.1. The second kappa shape index (κ2) is 7.74. The van der Waals surface area contributed by atoms with Gasteiger partial charge in [-0.3, -0.25) is 0 Å². The van der Waals surface area contributed by atoms with Crippen molar-refractivity contribution in [2.45, 2.75) is 0 Å². The lowest BCUT2D eigenvalue weighted by Gasteiger charge is -2.18. The van der Waals surface area contributed by atoms with Crippen molar-refractivity contribution in [1.29, 1.82) is 0 Å². The Kier molecular flexibility index (Phi) is 4.23. The Morgan fingerprint density at radius 1 is 0.432 bits per heavy atom. The van der Waals surface area contributed by atoms with E-state index >= 15 is 0 Å². The summed E-state index contributed by atoms with van der Waals surface area (Å²) in [4.78, 5) is 0. The average Bonchev–Trinajstić information content (AvgIpc) is 3.32. The van der Waals surface area contributed by atoms with Crippen LogP contribution in [0.25, 0.3) is 54.3 Å². The van der Waals surface area contributed by atoms with E-state index < -0.39 is 0 Å². The third kappa shape index (κ3) is 3.08. The number of para-hydroxylation sites is 3. The van der Waals surface area contributed by atoms with Crippen molar-refractivity contribution in [2.75, 3.05) is 0 Å². The second-order valence-electron chi connectivity index (χ2n) is 9.30. The Hall–Kier alpha value is -5.02. The Balaban J connectivity index is 1.48. The molecule has 0 saturated heterocycles. The maximum Gasteiger partial charge on any atom is 0.143 e. The fourth-order valence-electron chi connectivity index (χ4n) is 5.48. The first-order valence-electron chi connectivity index (χ1n) is 12.3. The highest BCUT2D eigenvalue weighted by atomic mass is 16.5. The van der Waals surface area contributed by atoms with Crippen LogP contribution in [-0.2, 0) is 0 Å². The minimum absolute atomic E-state index is 0.753. The fourth-order valence-corrected chi connectivity index (χ4v) is 5.48. The SMILES string of the molecule is c1ccc(Oc2cc(Oc3ccccc3)c3ccc4c5oc6ccccc6c5cc5ccc2c3c54)cc1. The van der Waals surface area contributed by atoms with E-state index in [0.717, 1.165) is 77.3 Å². The maximum absolute atomic E-state index is 6.45. The molecule has 3 nitrogen and oxygen atoms in total. The zero-order valence-electron chi connectivity index (χ0n) is 19.8. The Bertz CT molecular complexity index is 2010. The van der Waals surface area contributed by atoms with Gasteiger partial charge in [0.05, 0.1) is 0 Å². The maximum atomic E-state index is 6.45. The molecule has 0 spiro atoms. The molecule has 0 saturated carbocycles. The predicted molar refractivity (Wildman–Crippen MR) is 150 cm³/mol. The van der Waals surface area contributed by atoms with Crippen LogP contribution in [0, 0.1) is 0 Å². The third-order valence-corrected chi connectivity index (χ3v) is 7.11. The fraction of sp³-hybridized carbons (Fsp3) is 0. The van der Waals surface area contributed by atoms with Crippen LogP contribution in [0.5, 0.6) is 23.0 Å². The molecule has 0 amide bonds. The smallest absolute Gasteiger partial charge is 0.143 e. The zero-order valence-corrected chi connectivity index (χ0v) is 19.8. The summed E-state index contributed by atoms with van der Waals surface area (Å²) in [5.74, 6) is 3.07. The highest BCUT2D eigenvalue weighted by Crippen LogP contribution is 2.47. The van der Waals surface area contributed by atoms with Gasteiger partial charge in [-0.05, 0) is 60.0 Å². The number of furan rings is 1. The molecule has 8 aromatic rings. The molecule has 37 heavy (non-hydrogen) atoms. The Labute approximate surface area is 212 Å². The molecule has 0 aliphatic carbocycles. The van der Waals surface area contributed by atoms with Gasteiger partial charge in [0.1, 0.15) is 34.2 Å². The number of benzene rings is 7. The largest absolute Gasteiger partial charge is 0.457 e. The van der Waals surface area contributed by atoms with Crippen LogP contribution in [0.4, 0.5) is 0 Å². The minimum Gasteiger partial charge on any atom is -0.457 e. The van der Waals surface area contributed by atoms with Crippen molar-refractivity contribution in [3.63, 3.8) is 0 Å². The van der Waals surface area contributed by atoms with Gasteiger partial charge in [0.25, 0.3) is 0 Å². The topological polar surface area (TPSA) is 31.6 Å². The van der Waals surface area contributed by atoms with E-state index in [-0.39, 0.29) is 0 Å². The van der Waals surface area contributed by atoms with Gasteiger partial charge >= 0.3 is 0 Å².